The highest BCUT2D eigenvalue weighted by atomic mass is 15.3. The highest BCUT2D eigenvalue weighted by molar-refractivity contribution is 5.63. The molecule has 0 fully saturated rings. The van der Waals surface area contributed by atoms with Gasteiger partial charge in [-0.05, 0) is 25.3 Å². The molecule has 0 spiro atoms. The number of aromatic nitrogens is 2. The number of aryl methyl sites for hydroxylation is 2. The van der Waals surface area contributed by atoms with Crippen molar-refractivity contribution in [2.45, 2.75) is 26.3 Å². The molecule has 1 aromatic carbocycles. The normalized spacial score (nSPS) is 10.2. The second-order valence-electron chi connectivity index (χ2n) is 4.56. The molecular formula is C15H19N5. The molecule has 1 aromatic heterocycles. The Morgan fingerprint density at radius 1 is 1.35 bits per heavy atom. The summed E-state index contributed by atoms with van der Waals surface area (Å²) in [6.45, 7) is 3.39. The highest BCUT2D eigenvalue weighted by Gasteiger charge is 2.14. The number of nitrogen functional groups attached to an aromatic ring is 1. The summed E-state index contributed by atoms with van der Waals surface area (Å²) in [5.41, 5.74) is 7.70. The molecule has 0 radical (unpaired) electrons. The molecule has 0 bridgehead atoms. The third-order valence-corrected chi connectivity index (χ3v) is 3.13. The van der Waals surface area contributed by atoms with E-state index in [0.29, 0.717) is 23.7 Å². The first-order chi connectivity index (χ1) is 9.76. The number of rotatable bonds is 6. The molecule has 2 rings (SSSR count). The van der Waals surface area contributed by atoms with Crippen molar-refractivity contribution < 1.29 is 0 Å². The Morgan fingerprint density at radius 2 is 2.10 bits per heavy atom. The maximum Gasteiger partial charge on any atom is 0.168 e. The molecule has 0 amide bonds. The fraction of sp³-hybridized carbons (Fsp3) is 0.333. The monoisotopic (exact) mass is 269 g/mol. The Labute approximate surface area is 119 Å². The second-order valence-corrected chi connectivity index (χ2v) is 4.56. The standard InChI is InChI=1S/C15H19N5/c1-2-18-15-13(11-16)14(17)20(19-15)10-6-9-12-7-4-3-5-8-12/h3-5,7-8H,2,6,9-10,17H2,1H3,(H,18,19). The summed E-state index contributed by atoms with van der Waals surface area (Å²) in [6, 6.07) is 12.4. The van der Waals surface area contributed by atoms with Gasteiger partial charge in [0.25, 0.3) is 0 Å². The van der Waals surface area contributed by atoms with Crippen LogP contribution in [0.3, 0.4) is 0 Å². The summed E-state index contributed by atoms with van der Waals surface area (Å²) in [6.07, 6.45) is 1.91. The van der Waals surface area contributed by atoms with Crippen LogP contribution in [0.15, 0.2) is 30.3 Å². The van der Waals surface area contributed by atoms with E-state index in [1.807, 2.05) is 25.1 Å². The lowest BCUT2D eigenvalue weighted by Gasteiger charge is -2.04. The fourth-order valence-electron chi connectivity index (χ4n) is 2.12. The molecule has 1 heterocycles. The topological polar surface area (TPSA) is 79.7 Å². The maximum atomic E-state index is 9.12. The van der Waals surface area contributed by atoms with Crippen LogP contribution in [0.1, 0.15) is 24.5 Å². The quantitative estimate of drug-likeness (QED) is 0.844. The number of nitrogens with two attached hydrogens (primary N) is 1. The minimum Gasteiger partial charge on any atom is -0.383 e. The third-order valence-electron chi connectivity index (χ3n) is 3.13. The van der Waals surface area contributed by atoms with Gasteiger partial charge < -0.3 is 11.1 Å². The number of anilines is 2. The summed E-state index contributed by atoms with van der Waals surface area (Å²) < 4.78 is 1.71. The molecule has 0 aliphatic carbocycles. The zero-order valence-electron chi connectivity index (χ0n) is 11.6. The largest absolute Gasteiger partial charge is 0.383 e. The van der Waals surface area contributed by atoms with Crippen molar-refractivity contribution in [3.05, 3.63) is 41.5 Å². The Morgan fingerprint density at radius 3 is 2.75 bits per heavy atom. The Bertz CT molecular complexity index is 595. The summed E-state index contributed by atoms with van der Waals surface area (Å²) in [4.78, 5) is 0. The third kappa shape index (κ3) is 3.09. The van der Waals surface area contributed by atoms with E-state index in [4.69, 9.17) is 11.0 Å². The van der Waals surface area contributed by atoms with E-state index in [1.165, 1.54) is 5.56 Å². The minimum absolute atomic E-state index is 0.437. The van der Waals surface area contributed by atoms with Gasteiger partial charge in [0.2, 0.25) is 0 Å². The molecule has 20 heavy (non-hydrogen) atoms. The first kappa shape index (κ1) is 13.9. The van der Waals surface area contributed by atoms with Gasteiger partial charge in [0.05, 0.1) is 0 Å². The number of hydrogen-bond acceptors (Lipinski definition) is 4. The molecule has 0 aliphatic rings. The molecule has 0 saturated heterocycles. The first-order valence-electron chi connectivity index (χ1n) is 6.80. The Balaban J connectivity index is 2.01. The van der Waals surface area contributed by atoms with Crippen molar-refractivity contribution in [2.24, 2.45) is 0 Å². The predicted molar refractivity (Wildman–Crippen MR) is 80.3 cm³/mol. The lowest BCUT2D eigenvalue weighted by atomic mass is 10.1. The van der Waals surface area contributed by atoms with Crippen molar-refractivity contribution in [1.29, 1.82) is 5.26 Å². The lowest BCUT2D eigenvalue weighted by molar-refractivity contribution is 0.587. The van der Waals surface area contributed by atoms with Crippen LogP contribution in [0, 0.1) is 11.3 Å². The van der Waals surface area contributed by atoms with Gasteiger partial charge in [0.1, 0.15) is 17.5 Å². The minimum atomic E-state index is 0.437. The van der Waals surface area contributed by atoms with Crippen LogP contribution in [0.4, 0.5) is 11.6 Å². The molecule has 0 unspecified atom stereocenters. The van der Waals surface area contributed by atoms with Gasteiger partial charge in [0.15, 0.2) is 5.82 Å². The number of nitrogens with one attached hydrogen (secondary N) is 1. The smallest absolute Gasteiger partial charge is 0.168 e. The average Bonchev–Trinajstić information content (AvgIpc) is 2.76. The van der Waals surface area contributed by atoms with Crippen LogP contribution in [0.25, 0.3) is 0 Å². The summed E-state index contributed by atoms with van der Waals surface area (Å²) in [5, 5.41) is 16.5. The lowest BCUT2D eigenvalue weighted by Crippen LogP contribution is -2.06. The molecule has 5 nitrogen and oxygen atoms in total. The van der Waals surface area contributed by atoms with E-state index in [1.54, 1.807) is 4.68 Å². The zero-order valence-corrected chi connectivity index (χ0v) is 11.6. The number of nitrogens with zero attached hydrogens (tertiary/aromatic N) is 3. The molecule has 0 atom stereocenters. The molecule has 104 valence electrons. The van der Waals surface area contributed by atoms with Crippen LogP contribution >= 0.6 is 0 Å². The van der Waals surface area contributed by atoms with Crippen LogP contribution in [0.2, 0.25) is 0 Å². The fourth-order valence-corrected chi connectivity index (χ4v) is 2.12. The van der Waals surface area contributed by atoms with Crippen molar-refractivity contribution in [3.63, 3.8) is 0 Å². The Hall–Kier alpha value is -2.48. The molecular weight excluding hydrogens is 250 g/mol. The molecule has 5 heteroatoms. The predicted octanol–water partition coefficient (Wildman–Crippen LogP) is 2.40. The summed E-state index contributed by atoms with van der Waals surface area (Å²) >= 11 is 0. The van der Waals surface area contributed by atoms with Crippen LogP contribution < -0.4 is 11.1 Å². The van der Waals surface area contributed by atoms with Gasteiger partial charge in [-0.3, -0.25) is 0 Å². The second kappa shape index (κ2) is 6.62. The van der Waals surface area contributed by atoms with Gasteiger partial charge in [0, 0.05) is 13.1 Å². The number of benzene rings is 1. The maximum absolute atomic E-state index is 9.12. The van der Waals surface area contributed by atoms with Crippen molar-refractivity contribution in [3.8, 4) is 6.07 Å². The molecule has 2 aromatic rings. The van der Waals surface area contributed by atoms with Crippen LogP contribution in [-0.2, 0) is 13.0 Å². The van der Waals surface area contributed by atoms with E-state index >= 15 is 0 Å². The Kier molecular flexibility index (Phi) is 4.61. The van der Waals surface area contributed by atoms with Gasteiger partial charge in [-0.1, -0.05) is 30.3 Å². The van der Waals surface area contributed by atoms with E-state index in [0.717, 1.165) is 19.4 Å². The number of hydrogen-bond donors (Lipinski definition) is 2. The summed E-state index contributed by atoms with van der Waals surface area (Å²) in [5.74, 6) is 1.02. The highest BCUT2D eigenvalue weighted by Crippen LogP contribution is 2.20. The molecule has 0 saturated carbocycles. The number of nitriles is 1. The van der Waals surface area contributed by atoms with Gasteiger partial charge in [-0.25, -0.2) is 4.68 Å². The van der Waals surface area contributed by atoms with E-state index in [2.05, 4.69) is 28.6 Å². The zero-order chi connectivity index (χ0) is 14.4. The molecule has 0 aliphatic heterocycles. The van der Waals surface area contributed by atoms with Crippen molar-refractivity contribution in [2.75, 3.05) is 17.6 Å². The van der Waals surface area contributed by atoms with Gasteiger partial charge in [-0.2, -0.15) is 10.4 Å². The van der Waals surface area contributed by atoms with Crippen molar-refractivity contribution >= 4 is 11.6 Å². The van der Waals surface area contributed by atoms with E-state index < -0.39 is 0 Å². The first-order valence-corrected chi connectivity index (χ1v) is 6.80. The molecule has 3 N–H and O–H groups in total. The van der Waals surface area contributed by atoms with Crippen LogP contribution in [0.5, 0.6) is 0 Å². The average molecular weight is 269 g/mol. The van der Waals surface area contributed by atoms with Crippen molar-refractivity contribution in [1.82, 2.24) is 9.78 Å². The van der Waals surface area contributed by atoms with E-state index in [9.17, 15) is 0 Å². The van der Waals surface area contributed by atoms with E-state index in [-0.39, 0.29) is 0 Å². The van der Waals surface area contributed by atoms with Crippen LogP contribution in [-0.4, -0.2) is 16.3 Å². The SMILES string of the molecule is CCNc1nn(CCCc2ccccc2)c(N)c1C#N. The van der Waals surface area contributed by atoms with Gasteiger partial charge >= 0.3 is 0 Å². The summed E-state index contributed by atoms with van der Waals surface area (Å²) in [7, 11) is 0. The van der Waals surface area contributed by atoms with Gasteiger partial charge in [-0.15, -0.1) is 0 Å².